The van der Waals surface area contributed by atoms with E-state index in [1.807, 2.05) is 42.1 Å². The average Bonchev–Trinajstić information content (AvgIpc) is 3.42. The van der Waals surface area contributed by atoms with E-state index in [4.69, 9.17) is 0 Å². The quantitative estimate of drug-likeness (QED) is 0.532. The van der Waals surface area contributed by atoms with Crippen LogP contribution in [0.5, 0.6) is 0 Å². The minimum atomic E-state index is -0.479. The molecule has 0 saturated carbocycles. The van der Waals surface area contributed by atoms with Gasteiger partial charge in [0.1, 0.15) is 0 Å². The molecule has 2 heterocycles. The van der Waals surface area contributed by atoms with Crippen molar-refractivity contribution >= 4 is 17.5 Å². The summed E-state index contributed by atoms with van der Waals surface area (Å²) in [7, 11) is 1.35. The summed E-state index contributed by atoms with van der Waals surface area (Å²) in [6.45, 7) is 2.00. The molecule has 3 aromatic rings. The zero-order chi connectivity index (χ0) is 20.2. The number of carbonyl (C=O) groups is 1. The predicted molar refractivity (Wildman–Crippen MR) is 112 cm³/mol. The normalized spacial score (nSPS) is 18.4. The summed E-state index contributed by atoms with van der Waals surface area (Å²) >= 11 is 0. The topological polar surface area (TPSA) is 92.2 Å². The number of benzene rings is 2. The molecule has 1 amide bonds. The lowest BCUT2D eigenvalue weighted by atomic mass is 10.0. The Bertz CT molecular complexity index is 971. The summed E-state index contributed by atoms with van der Waals surface area (Å²) in [5.74, 6) is 0. The van der Waals surface area contributed by atoms with Gasteiger partial charge in [-0.05, 0) is 54.4 Å². The van der Waals surface area contributed by atoms with Crippen molar-refractivity contribution < 1.29 is 9.53 Å². The fourth-order valence-corrected chi connectivity index (χ4v) is 3.41. The van der Waals surface area contributed by atoms with Gasteiger partial charge in [0.2, 0.25) is 0 Å². The van der Waals surface area contributed by atoms with Crippen LogP contribution in [-0.2, 0) is 4.74 Å². The monoisotopic (exact) mass is 392 g/mol. The van der Waals surface area contributed by atoms with Crippen molar-refractivity contribution in [3.8, 4) is 5.69 Å². The van der Waals surface area contributed by atoms with Gasteiger partial charge in [-0.15, -0.1) is 0 Å². The van der Waals surface area contributed by atoms with E-state index < -0.39 is 6.09 Å². The maximum atomic E-state index is 11.3. The maximum Gasteiger partial charge on any atom is 0.411 e. The van der Waals surface area contributed by atoms with Gasteiger partial charge in [0.15, 0.2) is 0 Å². The summed E-state index contributed by atoms with van der Waals surface area (Å²) in [4.78, 5) is 11.3. The Kier molecular flexibility index (Phi) is 5.46. The largest absolute Gasteiger partial charge is 0.453 e. The highest BCUT2D eigenvalue weighted by atomic mass is 16.5. The molecule has 1 saturated heterocycles. The molecule has 1 aliphatic heterocycles. The molecule has 0 spiro atoms. The number of methoxy groups -OCH3 is 1. The number of aryl methyl sites for hydroxylation is 1. The van der Waals surface area contributed by atoms with Crippen LogP contribution in [0.4, 0.5) is 16.2 Å². The smallest absolute Gasteiger partial charge is 0.411 e. The van der Waals surface area contributed by atoms with E-state index in [-0.39, 0.29) is 12.2 Å². The number of hydrazine groups is 1. The fourth-order valence-electron chi connectivity index (χ4n) is 3.41. The first-order valence-corrected chi connectivity index (χ1v) is 9.45. The van der Waals surface area contributed by atoms with Crippen molar-refractivity contribution in [2.75, 3.05) is 17.7 Å². The first-order chi connectivity index (χ1) is 14.1. The number of rotatable bonds is 5. The Morgan fingerprint density at radius 3 is 2.72 bits per heavy atom. The van der Waals surface area contributed by atoms with E-state index in [2.05, 4.69) is 55.6 Å². The third-order valence-corrected chi connectivity index (χ3v) is 4.96. The number of ether oxygens (including phenoxy) is 1. The van der Waals surface area contributed by atoms with Crippen LogP contribution >= 0.6 is 0 Å². The Hall–Kier alpha value is -3.36. The van der Waals surface area contributed by atoms with Gasteiger partial charge in [0.05, 0.1) is 19.0 Å². The number of anilines is 2. The molecule has 2 aromatic carbocycles. The summed E-state index contributed by atoms with van der Waals surface area (Å²) < 4.78 is 6.47. The Labute approximate surface area is 169 Å². The minimum absolute atomic E-state index is 0.0870. The SMILES string of the molecule is COC(=O)Nc1ccc(NC2CC(c3ccc(-n4cccn4)cc3)NN2)c(C)c1. The second-order valence-corrected chi connectivity index (χ2v) is 6.96. The molecule has 150 valence electrons. The molecule has 2 unspecified atom stereocenters. The Morgan fingerprint density at radius 1 is 1.21 bits per heavy atom. The summed E-state index contributed by atoms with van der Waals surface area (Å²) in [6, 6.07) is 16.2. The third-order valence-electron chi connectivity index (χ3n) is 4.96. The second kappa shape index (κ2) is 8.34. The van der Waals surface area contributed by atoms with Crippen LogP contribution in [0.1, 0.15) is 23.6 Å². The number of aromatic nitrogens is 2. The molecule has 8 nitrogen and oxygen atoms in total. The Morgan fingerprint density at radius 2 is 2.03 bits per heavy atom. The van der Waals surface area contributed by atoms with Gasteiger partial charge >= 0.3 is 6.09 Å². The molecule has 4 rings (SSSR count). The first-order valence-electron chi connectivity index (χ1n) is 9.45. The third kappa shape index (κ3) is 4.39. The molecule has 0 aliphatic carbocycles. The van der Waals surface area contributed by atoms with Crippen molar-refractivity contribution in [3.05, 3.63) is 72.1 Å². The standard InChI is InChI=1S/C21H24N6O2/c1-14-12-16(23-21(28)29-2)6-9-18(14)24-20-13-19(25-26-20)15-4-7-17(8-5-15)27-11-3-10-22-27/h3-12,19-20,24-26H,13H2,1-2H3,(H,23,28). The van der Waals surface area contributed by atoms with Gasteiger partial charge in [-0.1, -0.05) is 12.1 Å². The number of nitrogens with zero attached hydrogens (tertiary/aromatic N) is 2. The minimum Gasteiger partial charge on any atom is -0.453 e. The van der Waals surface area contributed by atoms with E-state index in [9.17, 15) is 4.79 Å². The van der Waals surface area contributed by atoms with Gasteiger partial charge in [0, 0.05) is 36.2 Å². The molecule has 1 fully saturated rings. The van der Waals surface area contributed by atoms with Gasteiger partial charge in [0.25, 0.3) is 0 Å². The number of amides is 1. The first kappa shape index (κ1) is 19.0. The molecule has 2 atom stereocenters. The van der Waals surface area contributed by atoms with Crippen LogP contribution in [0.25, 0.3) is 5.69 Å². The van der Waals surface area contributed by atoms with Crippen molar-refractivity contribution in [2.45, 2.75) is 25.6 Å². The summed E-state index contributed by atoms with van der Waals surface area (Å²) in [6.07, 6.45) is 4.20. The molecule has 29 heavy (non-hydrogen) atoms. The van der Waals surface area contributed by atoms with E-state index in [1.54, 1.807) is 6.20 Å². The maximum absolute atomic E-state index is 11.3. The van der Waals surface area contributed by atoms with Gasteiger partial charge in [-0.25, -0.2) is 20.3 Å². The van der Waals surface area contributed by atoms with Crippen LogP contribution in [0.2, 0.25) is 0 Å². The molecular formula is C21H24N6O2. The molecule has 1 aromatic heterocycles. The molecule has 1 aliphatic rings. The molecule has 0 radical (unpaired) electrons. The van der Waals surface area contributed by atoms with Crippen LogP contribution in [0.3, 0.4) is 0 Å². The lowest BCUT2D eigenvalue weighted by Gasteiger charge is -2.16. The van der Waals surface area contributed by atoms with Crippen molar-refractivity contribution in [3.63, 3.8) is 0 Å². The number of hydrogen-bond donors (Lipinski definition) is 4. The fraction of sp³-hybridized carbons (Fsp3) is 0.238. The number of carbonyl (C=O) groups excluding carboxylic acids is 1. The highest BCUT2D eigenvalue weighted by Gasteiger charge is 2.25. The molecule has 8 heteroatoms. The summed E-state index contributed by atoms with van der Waals surface area (Å²) in [5.41, 5.74) is 11.7. The van der Waals surface area contributed by atoms with Gasteiger partial charge < -0.3 is 10.1 Å². The van der Waals surface area contributed by atoms with E-state index in [0.717, 1.165) is 23.4 Å². The van der Waals surface area contributed by atoms with Crippen molar-refractivity contribution in [2.24, 2.45) is 0 Å². The van der Waals surface area contributed by atoms with Crippen LogP contribution in [-0.4, -0.2) is 29.1 Å². The second-order valence-electron chi connectivity index (χ2n) is 6.96. The number of hydrogen-bond acceptors (Lipinski definition) is 6. The van der Waals surface area contributed by atoms with E-state index in [1.165, 1.54) is 12.7 Å². The predicted octanol–water partition coefficient (Wildman–Crippen LogP) is 3.34. The zero-order valence-electron chi connectivity index (χ0n) is 16.3. The summed E-state index contributed by atoms with van der Waals surface area (Å²) in [5, 5.41) is 10.4. The van der Waals surface area contributed by atoms with Gasteiger partial charge in [-0.2, -0.15) is 5.10 Å². The van der Waals surface area contributed by atoms with Gasteiger partial charge in [-0.3, -0.25) is 5.32 Å². The lowest BCUT2D eigenvalue weighted by Crippen LogP contribution is -2.36. The molecular weight excluding hydrogens is 368 g/mol. The Balaban J connectivity index is 1.37. The highest BCUT2D eigenvalue weighted by Crippen LogP contribution is 2.26. The van der Waals surface area contributed by atoms with Crippen LogP contribution in [0.15, 0.2) is 60.9 Å². The van der Waals surface area contributed by atoms with Crippen molar-refractivity contribution in [1.82, 2.24) is 20.6 Å². The van der Waals surface area contributed by atoms with Crippen LogP contribution < -0.4 is 21.5 Å². The highest BCUT2D eigenvalue weighted by molar-refractivity contribution is 5.85. The van der Waals surface area contributed by atoms with Crippen LogP contribution in [0, 0.1) is 6.92 Å². The lowest BCUT2D eigenvalue weighted by molar-refractivity contribution is 0.187. The average molecular weight is 392 g/mol. The molecule has 0 bridgehead atoms. The zero-order valence-corrected chi connectivity index (χ0v) is 16.3. The van der Waals surface area contributed by atoms with E-state index in [0.29, 0.717) is 5.69 Å². The van der Waals surface area contributed by atoms with Crippen molar-refractivity contribution in [1.29, 1.82) is 0 Å². The number of nitrogens with one attached hydrogen (secondary N) is 4. The molecule has 4 N–H and O–H groups in total. The van der Waals surface area contributed by atoms with E-state index >= 15 is 0 Å².